The first-order valence-corrected chi connectivity index (χ1v) is 10.1. The van der Waals surface area contributed by atoms with E-state index in [1.165, 1.54) is 6.07 Å². The third-order valence-electron chi connectivity index (χ3n) is 4.26. The van der Waals surface area contributed by atoms with Gasteiger partial charge in [-0.1, -0.05) is 47.5 Å². The van der Waals surface area contributed by atoms with E-state index in [4.69, 9.17) is 21.1 Å². The van der Waals surface area contributed by atoms with Gasteiger partial charge in [-0.15, -0.1) is 0 Å². The van der Waals surface area contributed by atoms with Crippen LogP contribution in [0.25, 0.3) is 0 Å². The zero-order valence-electron chi connectivity index (χ0n) is 17.3. The highest BCUT2D eigenvalue weighted by atomic mass is 35.5. The molecule has 0 aromatic heterocycles. The smallest absolute Gasteiger partial charge is 0.325 e. The molecule has 3 rings (SSSR count). The van der Waals surface area contributed by atoms with Crippen molar-refractivity contribution in [2.75, 3.05) is 18.5 Å². The Hall–Kier alpha value is -3.84. The lowest BCUT2D eigenvalue weighted by atomic mass is 10.2. The zero-order valence-corrected chi connectivity index (χ0v) is 18.0. The Bertz CT molecular complexity index is 1100. The van der Waals surface area contributed by atoms with Crippen LogP contribution in [-0.4, -0.2) is 30.9 Å². The fourth-order valence-corrected chi connectivity index (χ4v) is 2.82. The van der Waals surface area contributed by atoms with Crippen molar-refractivity contribution in [3.05, 3.63) is 88.9 Å². The second-order valence-electron chi connectivity index (χ2n) is 6.81. The van der Waals surface area contributed by atoms with Crippen molar-refractivity contribution < 1.29 is 23.9 Å². The van der Waals surface area contributed by atoms with Crippen LogP contribution in [-0.2, 0) is 14.3 Å². The van der Waals surface area contributed by atoms with Gasteiger partial charge in [-0.25, -0.2) is 0 Å². The molecule has 0 aliphatic heterocycles. The summed E-state index contributed by atoms with van der Waals surface area (Å²) in [4.78, 5) is 36.1. The van der Waals surface area contributed by atoms with Gasteiger partial charge < -0.3 is 20.1 Å². The molecular formula is C24H21ClN2O5. The predicted molar refractivity (Wildman–Crippen MR) is 121 cm³/mol. The second kappa shape index (κ2) is 11.0. The fourth-order valence-electron chi connectivity index (χ4n) is 2.65. The van der Waals surface area contributed by atoms with Gasteiger partial charge in [0.15, 0.2) is 12.4 Å². The molecule has 0 spiro atoms. The van der Waals surface area contributed by atoms with Crippen molar-refractivity contribution in [3.63, 3.8) is 0 Å². The highest BCUT2D eigenvalue weighted by Gasteiger charge is 2.13. The quantitative estimate of drug-likeness (QED) is 0.495. The van der Waals surface area contributed by atoms with E-state index in [0.29, 0.717) is 27.8 Å². The number of hydrogen-bond donors (Lipinski definition) is 2. The fraction of sp³-hybridized carbons (Fsp3) is 0.125. The van der Waals surface area contributed by atoms with Gasteiger partial charge in [-0.3, -0.25) is 14.4 Å². The first-order chi connectivity index (χ1) is 15.4. The minimum atomic E-state index is -0.744. The van der Waals surface area contributed by atoms with E-state index in [0.717, 1.165) is 5.56 Å². The van der Waals surface area contributed by atoms with Crippen molar-refractivity contribution in [2.24, 2.45) is 0 Å². The summed E-state index contributed by atoms with van der Waals surface area (Å²) in [5, 5.41) is 5.45. The molecule has 0 aliphatic rings. The molecule has 32 heavy (non-hydrogen) atoms. The molecule has 0 radical (unpaired) electrons. The Balaban J connectivity index is 1.52. The molecule has 2 amide bonds. The van der Waals surface area contributed by atoms with E-state index in [9.17, 15) is 14.4 Å². The van der Waals surface area contributed by atoms with E-state index in [-0.39, 0.29) is 6.54 Å². The highest BCUT2D eigenvalue weighted by molar-refractivity contribution is 6.31. The standard InChI is InChI=1S/C24H21ClN2O5/c1-16-7-10-19(11-8-16)32-21-12-9-18(25)13-20(21)27-22(28)15-31-23(29)14-26-24(30)17-5-3-2-4-6-17/h2-13H,14-15H2,1H3,(H,26,30)(H,27,28). The number of aryl methyl sites for hydroxylation is 1. The van der Waals surface area contributed by atoms with Gasteiger partial charge in [0.2, 0.25) is 0 Å². The van der Waals surface area contributed by atoms with E-state index in [2.05, 4.69) is 10.6 Å². The van der Waals surface area contributed by atoms with Crippen LogP contribution in [0.1, 0.15) is 15.9 Å². The van der Waals surface area contributed by atoms with Gasteiger partial charge in [0.1, 0.15) is 12.3 Å². The average molecular weight is 453 g/mol. The van der Waals surface area contributed by atoms with Crippen LogP contribution in [0.3, 0.4) is 0 Å². The molecule has 0 heterocycles. The number of anilines is 1. The summed E-state index contributed by atoms with van der Waals surface area (Å²) < 4.78 is 10.7. The second-order valence-corrected chi connectivity index (χ2v) is 7.25. The van der Waals surface area contributed by atoms with Crippen LogP contribution in [0, 0.1) is 6.92 Å². The van der Waals surface area contributed by atoms with Crippen molar-refractivity contribution in [3.8, 4) is 11.5 Å². The molecule has 3 aromatic carbocycles. The zero-order chi connectivity index (χ0) is 22.9. The maximum absolute atomic E-state index is 12.3. The van der Waals surface area contributed by atoms with E-state index < -0.39 is 24.4 Å². The van der Waals surface area contributed by atoms with Crippen molar-refractivity contribution in [1.82, 2.24) is 5.32 Å². The van der Waals surface area contributed by atoms with Crippen LogP contribution in [0.5, 0.6) is 11.5 Å². The lowest BCUT2D eigenvalue weighted by molar-refractivity contribution is -0.146. The first kappa shape index (κ1) is 22.8. The Kier molecular flexibility index (Phi) is 7.83. The summed E-state index contributed by atoms with van der Waals surface area (Å²) in [6.07, 6.45) is 0. The molecule has 0 bridgehead atoms. The van der Waals surface area contributed by atoms with E-state index >= 15 is 0 Å². The number of benzene rings is 3. The number of nitrogens with one attached hydrogen (secondary N) is 2. The number of amides is 2. The molecule has 2 N–H and O–H groups in total. The number of rotatable bonds is 8. The van der Waals surface area contributed by atoms with Crippen molar-refractivity contribution >= 4 is 35.1 Å². The van der Waals surface area contributed by atoms with Gasteiger partial charge in [-0.05, 0) is 49.4 Å². The summed E-state index contributed by atoms with van der Waals surface area (Å²) in [5.74, 6) is -0.763. The number of carbonyl (C=O) groups excluding carboxylic acids is 3. The molecule has 0 atom stereocenters. The Morgan fingerprint density at radius 1 is 0.938 bits per heavy atom. The summed E-state index contributed by atoms with van der Waals surface area (Å²) in [6.45, 7) is 1.07. The van der Waals surface area contributed by atoms with Gasteiger partial charge >= 0.3 is 5.97 Å². The van der Waals surface area contributed by atoms with E-state index in [1.807, 2.05) is 19.1 Å². The van der Waals surface area contributed by atoms with Gasteiger partial charge in [0.05, 0.1) is 5.69 Å². The van der Waals surface area contributed by atoms with Crippen molar-refractivity contribution in [1.29, 1.82) is 0 Å². The summed E-state index contributed by atoms with van der Waals surface area (Å²) in [7, 11) is 0. The molecule has 0 unspecified atom stereocenters. The first-order valence-electron chi connectivity index (χ1n) is 9.73. The number of carbonyl (C=O) groups is 3. The largest absolute Gasteiger partial charge is 0.455 e. The molecule has 0 saturated heterocycles. The third-order valence-corrected chi connectivity index (χ3v) is 4.49. The van der Waals surface area contributed by atoms with Crippen molar-refractivity contribution in [2.45, 2.75) is 6.92 Å². The Morgan fingerprint density at radius 3 is 2.38 bits per heavy atom. The monoisotopic (exact) mass is 452 g/mol. The maximum atomic E-state index is 12.3. The van der Waals surface area contributed by atoms with Crippen LogP contribution in [0.4, 0.5) is 5.69 Å². The predicted octanol–water partition coefficient (Wildman–Crippen LogP) is 4.35. The third kappa shape index (κ3) is 6.85. The summed E-state index contributed by atoms with van der Waals surface area (Å²) in [5.41, 5.74) is 1.83. The van der Waals surface area contributed by atoms with Crippen LogP contribution in [0.15, 0.2) is 72.8 Å². The van der Waals surface area contributed by atoms with Gasteiger partial charge in [-0.2, -0.15) is 0 Å². The lowest BCUT2D eigenvalue weighted by Crippen LogP contribution is -2.32. The average Bonchev–Trinajstić information content (AvgIpc) is 2.80. The van der Waals surface area contributed by atoms with Gasteiger partial charge in [0.25, 0.3) is 11.8 Å². The van der Waals surface area contributed by atoms with Crippen LogP contribution < -0.4 is 15.4 Å². The molecule has 164 valence electrons. The Labute approximate surface area is 190 Å². The SMILES string of the molecule is Cc1ccc(Oc2ccc(Cl)cc2NC(=O)COC(=O)CNC(=O)c2ccccc2)cc1. The van der Waals surface area contributed by atoms with E-state index in [1.54, 1.807) is 54.6 Å². The number of ether oxygens (including phenoxy) is 2. The minimum absolute atomic E-state index is 0.330. The molecule has 7 nitrogen and oxygen atoms in total. The summed E-state index contributed by atoms with van der Waals surface area (Å²) >= 11 is 6.04. The number of hydrogen-bond acceptors (Lipinski definition) is 5. The van der Waals surface area contributed by atoms with Crippen LogP contribution >= 0.6 is 11.6 Å². The summed E-state index contributed by atoms with van der Waals surface area (Å²) in [6, 6.07) is 20.7. The highest BCUT2D eigenvalue weighted by Crippen LogP contribution is 2.32. The molecular weight excluding hydrogens is 432 g/mol. The molecule has 0 aliphatic carbocycles. The minimum Gasteiger partial charge on any atom is -0.455 e. The normalized spacial score (nSPS) is 10.2. The molecule has 0 fully saturated rings. The van der Waals surface area contributed by atoms with Gasteiger partial charge in [0, 0.05) is 10.6 Å². The topological polar surface area (TPSA) is 93.7 Å². The lowest BCUT2D eigenvalue weighted by Gasteiger charge is -2.13. The molecule has 3 aromatic rings. The number of halogens is 1. The Morgan fingerprint density at radius 2 is 1.66 bits per heavy atom. The van der Waals surface area contributed by atoms with Crippen LogP contribution in [0.2, 0.25) is 5.02 Å². The molecule has 8 heteroatoms. The maximum Gasteiger partial charge on any atom is 0.325 e. The number of esters is 1. The molecule has 0 saturated carbocycles.